The van der Waals surface area contributed by atoms with Crippen molar-refractivity contribution in [2.24, 2.45) is 4.99 Å². The summed E-state index contributed by atoms with van der Waals surface area (Å²) in [6.07, 6.45) is 4.72. The van der Waals surface area contributed by atoms with Crippen molar-refractivity contribution in [2.75, 3.05) is 19.6 Å². The molecule has 0 aliphatic carbocycles. The van der Waals surface area contributed by atoms with Gasteiger partial charge in [-0.15, -0.1) is 24.0 Å². The average molecular weight is 427 g/mol. The highest BCUT2D eigenvalue weighted by atomic mass is 127. The molecule has 0 spiro atoms. The molecule has 2 aromatic rings. The summed E-state index contributed by atoms with van der Waals surface area (Å²) in [5.41, 5.74) is 1.28. The highest BCUT2D eigenvalue weighted by Crippen LogP contribution is 2.06. The highest BCUT2D eigenvalue weighted by molar-refractivity contribution is 14.0. The topological polar surface area (TPSA) is 54.2 Å². The van der Waals surface area contributed by atoms with Crippen molar-refractivity contribution in [3.8, 4) is 0 Å². The molecular weight excluding hydrogens is 401 g/mol. The molecule has 23 heavy (non-hydrogen) atoms. The number of guanidine groups is 1. The van der Waals surface area contributed by atoms with Gasteiger partial charge in [0, 0.05) is 45.0 Å². The SMILES string of the molecule is CCNC(=NCCc1nccn1Cc1ccccc1)NCC.I. The van der Waals surface area contributed by atoms with E-state index in [-0.39, 0.29) is 24.0 Å². The first-order valence-corrected chi connectivity index (χ1v) is 7.89. The molecule has 0 aliphatic heterocycles. The fraction of sp³-hybridized carbons (Fsp3) is 0.412. The Morgan fingerprint density at radius 3 is 2.48 bits per heavy atom. The zero-order valence-corrected chi connectivity index (χ0v) is 16.2. The molecule has 0 unspecified atom stereocenters. The van der Waals surface area contributed by atoms with Crippen molar-refractivity contribution in [3.63, 3.8) is 0 Å². The average Bonchev–Trinajstić information content (AvgIpc) is 2.96. The third kappa shape index (κ3) is 6.60. The summed E-state index contributed by atoms with van der Waals surface area (Å²) in [7, 11) is 0. The molecule has 0 atom stereocenters. The second-order valence-electron chi connectivity index (χ2n) is 5.00. The van der Waals surface area contributed by atoms with E-state index >= 15 is 0 Å². The lowest BCUT2D eigenvalue weighted by molar-refractivity contribution is 0.713. The Bertz CT molecular complexity index is 572. The minimum atomic E-state index is 0. The standard InChI is InChI=1S/C17H25N5.HI/c1-3-18-17(19-4-2)21-11-10-16-20-12-13-22(16)14-15-8-6-5-7-9-15;/h5-9,12-13H,3-4,10-11,14H2,1-2H3,(H2,18,19,21);1H. The Kier molecular flexibility index (Phi) is 9.35. The molecule has 0 radical (unpaired) electrons. The number of hydrogen-bond acceptors (Lipinski definition) is 2. The van der Waals surface area contributed by atoms with Crippen LogP contribution in [-0.4, -0.2) is 35.1 Å². The summed E-state index contributed by atoms with van der Waals surface area (Å²) >= 11 is 0. The van der Waals surface area contributed by atoms with Gasteiger partial charge in [0.2, 0.25) is 0 Å². The minimum absolute atomic E-state index is 0. The lowest BCUT2D eigenvalue weighted by Gasteiger charge is -2.10. The van der Waals surface area contributed by atoms with Gasteiger partial charge in [-0.3, -0.25) is 4.99 Å². The molecule has 0 amide bonds. The van der Waals surface area contributed by atoms with Crippen LogP contribution in [-0.2, 0) is 13.0 Å². The van der Waals surface area contributed by atoms with E-state index in [1.165, 1.54) is 5.56 Å². The first-order chi connectivity index (χ1) is 10.8. The van der Waals surface area contributed by atoms with Crippen LogP contribution in [0.25, 0.3) is 0 Å². The van der Waals surface area contributed by atoms with Crippen molar-refractivity contribution < 1.29 is 0 Å². The van der Waals surface area contributed by atoms with E-state index in [9.17, 15) is 0 Å². The van der Waals surface area contributed by atoms with Gasteiger partial charge in [0.1, 0.15) is 5.82 Å². The number of nitrogens with zero attached hydrogens (tertiary/aromatic N) is 3. The zero-order valence-electron chi connectivity index (χ0n) is 13.8. The number of rotatable bonds is 7. The third-order valence-electron chi connectivity index (χ3n) is 3.29. The molecule has 126 valence electrons. The summed E-state index contributed by atoms with van der Waals surface area (Å²) in [5.74, 6) is 1.94. The molecule has 1 aromatic heterocycles. The normalized spacial score (nSPS) is 9.83. The van der Waals surface area contributed by atoms with Crippen LogP contribution in [0.3, 0.4) is 0 Å². The van der Waals surface area contributed by atoms with E-state index in [1.54, 1.807) is 0 Å². The number of nitrogens with one attached hydrogen (secondary N) is 2. The molecule has 1 aromatic carbocycles. The second kappa shape index (κ2) is 11.0. The summed E-state index contributed by atoms with van der Waals surface area (Å²) in [6.45, 7) is 7.45. The Morgan fingerprint density at radius 2 is 1.83 bits per heavy atom. The quantitative estimate of drug-likeness (QED) is 0.406. The molecule has 0 saturated heterocycles. The predicted molar refractivity (Wildman–Crippen MR) is 107 cm³/mol. The number of hydrogen-bond donors (Lipinski definition) is 2. The van der Waals surface area contributed by atoms with Crippen molar-refractivity contribution in [1.82, 2.24) is 20.2 Å². The number of halogens is 1. The molecule has 6 heteroatoms. The van der Waals surface area contributed by atoms with Crippen molar-refractivity contribution >= 4 is 29.9 Å². The molecule has 0 fully saturated rings. The maximum absolute atomic E-state index is 4.57. The highest BCUT2D eigenvalue weighted by Gasteiger charge is 2.03. The Hall–Kier alpha value is -1.57. The Balaban J connectivity index is 0.00000264. The van der Waals surface area contributed by atoms with Gasteiger partial charge in [-0.1, -0.05) is 30.3 Å². The van der Waals surface area contributed by atoms with Crippen molar-refractivity contribution in [3.05, 3.63) is 54.1 Å². The van der Waals surface area contributed by atoms with E-state index in [1.807, 2.05) is 18.5 Å². The molecule has 2 N–H and O–H groups in total. The second-order valence-corrected chi connectivity index (χ2v) is 5.00. The van der Waals surface area contributed by atoms with E-state index in [0.29, 0.717) is 0 Å². The maximum atomic E-state index is 4.57. The fourth-order valence-corrected chi connectivity index (χ4v) is 2.27. The summed E-state index contributed by atoms with van der Waals surface area (Å²) < 4.78 is 2.19. The van der Waals surface area contributed by atoms with E-state index in [0.717, 1.165) is 44.4 Å². The van der Waals surface area contributed by atoms with Crippen LogP contribution in [0.4, 0.5) is 0 Å². The number of aliphatic imine (C=N–C) groups is 1. The number of imidazole rings is 1. The molecule has 1 heterocycles. The van der Waals surface area contributed by atoms with Crippen molar-refractivity contribution in [1.29, 1.82) is 0 Å². The summed E-state index contributed by atoms with van der Waals surface area (Å²) in [5, 5.41) is 6.46. The third-order valence-corrected chi connectivity index (χ3v) is 3.29. The lowest BCUT2D eigenvalue weighted by atomic mass is 10.2. The van der Waals surface area contributed by atoms with E-state index in [4.69, 9.17) is 0 Å². The molecule has 2 rings (SSSR count). The first-order valence-electron chi connectivity index (χ1n) is 7.89. The van der Waals surface area contributed by atoms with Crippen LogP contribution in [0.15, 0.2) is 47.7 Å². The van der Waals surface area contributed by atoms with E-state index < -0.39 is 0 Å². The van der Waals surface area contributed by atoms with Crippen LogP contribution < -0.4 is 10.6 Å². The molecule has 0 bridgehead atoms. The molecule has 5 nitrogen and oxygen atoms in total. The predicted octanol–water partition coefficient (Wildman–Crippen LogP) is 2.67. The number of benzene rings is 1. The van der Waals surface area contributed by atoms with Crippen molar-refractivity contribution in [2.45, 2.75) is 26.8 Å². The van der Waals surface area contributed by atoms with Gasteiger partial charge >= 0.3 is 0 Å². The number of aromatic nitrogens is 2. The lowest BCUT2D eigenvalue weighted by Crippen LogP contribution is -2.37. The van der Waals surface area contributed by atoms with Gasteiger partial charge < -0.3 is 15.2 Å². The molecular formula is C17H26IN5. The van der Waals surface area contributed by atoms with E-state index in [2.05, 4.69) is 63.3 Å². The summed E-state index contributed by atoms with van der Waals surface area (Å²) in [4.78, 5) is 9.02. The fourth-order valence-electron chi connectivity index (χ4n) is 2.27. The molecule has 0 saturated carbocycles. The zero-order chi connectivity index (χ0) is 15.6. The van der Waals surface area contributed by atoms with Gasteiger partial charge in [-0.05, 0) is 19.4 Å². The van der Waals surface area contributed by atoms with Crippen LogP contribution in [0.5, 0.6) is 0 Å². The largest absolute Gasteiger partial charge is 0.357 e. The Labute approximate surface area is 155 Å². The van der Waals surface area contributed by atoms with Gasteiger partial charge in [0.15, 0.2) is 5.96 Å². The van der Waals surface area contributed by atoms with Crippen LogP contribution >= 0.6 is 24.0 Å². The van der Waals surface area contributed by atoms with Crippen LogP contribution in [0.2, 0.25) is 0 Å². The van der Waals surface area contributed by atoms with Crippen LogP contribution in [0, 0.1) is 0 Å². The maximum Gasteiger partial charge on any atom is 0.191 e. The monoisotopic (exact) mass is 427 g/mol. The van der Waals surface area contributed by atoms with Gasteiger partial charge in [0.05, 0.1) is 0 Å². The van der Waals surface area contributed by atoms with Crippen LogP contribution in [0.1, 0.15) is 25.2 Å². The molecule has 0 aliphatic rings. The first kappa shape index (κ1) is 19.5. The van der Waals surface area contributed by atoms with Gasteiger partial charge in [0.25, 0.3) is 0 Å². The van der Waals surface area contributed by atoms with Gasteiger partial charge in [-0.2, -0.15) is 0 Å². The summed E-state index contributed by atoms with van der Waals surface area (Å²) in [6, 6.07) is 10.4. The Morgan fingerprint density at radius 1 is 1.13 bits per heavy atom. The smallest absolute Gasteiger partial charge is 0.191 e. The minimum Gasteiger partial charge on any atom is -0.357 e. The van der Waals surface area contributed by atoms with Gasteiger partial charge in [-0.25, -0.2) is 4.98 Å².